The van der Waals surface area contributed by atoms with Gasteiger partial charge in [0, 0.05) is 31.7 Å². The first-order valence-electron chi connectivity index (χ1n) is 9.31. The van der Waals surface area contributed by atoms with Gasteiger partial charge in [0.15, 0.2) is 5.96 Å². The molecule has 4 atom stereocenters. The molecule has 0 spiro atoms. The van der Waals surface area contributed by atoms with E-state index in [2.05, 4.69) is 27.8 Å². The van der Waals surface area contributed by atoms with Gasteiger partial charge in [0.1, 0.15) is 0 Å². The number of allylic oxidation sites excluding steroid dienone is 2. The van der Waals surface area contributed by atoms with Gasteiger partial charge in [-0.3, -0.25) is 19.5 Å². The fourth-order valence-corrected chi connectivity index (χ4v) is 4.61. The van der Waals surface area contributed by atoms with Crippen molar-refractivity contribution in [2.45, 2.75) is 13.0 Å². The lowest BCUT2D eigenvalue weighted by Gasteiger charge is -2.18. The van der Waals surface area contributed by atoms with Crippen LogP contribution in [-0.4, -0.2) is 42.8 Å². The number of aliphatic imine (C=N–C) groups is 1. The smallest absolute Gasteiger partial charge is 0.233 e. The highest BCUT2D eigenvalue weighted by Crippen LogP contribution is 2.52. The van der Waals surface area contributed by atoms with Gasteiger partial charge in [-0.05, 0) is 36.0 Å². The highest BCUT2D eigenvalue weighted by molar-refractivity contribution is 6.30. The van der Waals surface area contributed by atoms with Crippen molar-refractivity contribution in [3.63, 3.8) is 0 Å². The summed E-state index contributed by atoms with van der Waals surface area (Å²) in [4.78, 5) is 30.9. The molecule has 1 aromatic carbocycles. The Labute approximate surface area is 163 Å². The van der Waals surface area contributed by atoms with E-state index < -0.39 is 0 Å². The van der Waals surface area contributed by atoms with Crippen LogP contribution in [0.15, 0.2) is 41.4 Å². The third-order valence-corrected chi connectivity index (χ3v) is 6.04. The molecule has 4 unspecified atom stereocenters. The zero-order valence-electron chi connectivity index (χ0n) is 15.2. The number of rotatable bonds is 5. The van der Waals surface area contributed by atoms with Crippen LogP contribution in [0.4, 0.5) is 0 Å². The number of halogens is 1. The van der Waals surface area contributed by atoms with Gasteiger partial charge in [0.25, 0.3) is 0 Å². The summed E-state index contributed by atoms with van der Waals surface area (Å²) in [5.74, 6) is 0.864. The molecule has 0 aromatic heterocycles. The standard InChI is InChI=1S/C20H23ClN4O2/c1-22-20(24-11-12-2-6-15(21)7-3-12)23-8-9-25-18(26)16-13-4-5-14(10-13)17(16)19(25)27/h2-7,13-14,16-17H,8-11H2,1H3,(H2,22,23,24). The van der Waals surface area contributed by atoms with Crippen LogP contribution in [0.1, 0.15) is 12.0 Å². The summed E-state index contributed by atoms with van der Waals surface area (Å²) in [6.07, 6.45) is 5.18. The van der Waals surface area contributed by atoms with E-state index in [4.69, 9.17) is 11.6 Å². The summed E-state index contributed by atoms with van der Waals surface area (Å²) in [6, 6.07) is 7.59. The van der Waals surface area contributed by atoms with Crippen LogP contribution in [0.2, 0.25) is 5.02 Å². The maximum atomic E-state index is 12.7. The molecule has 1 aromatic rings. The maximum Gasteiger partial charge on any atom is 0.233 e. The number of carbonyl (C=O) groups is 2. The third-order valence-electron chi connectivity index (χ3n) is 5.79. The van der Waals surface area contributed by atoms with Gasteiger partial charge in [0.2, 0.25) is 11.8 Å². The van der Waals surface area contributed by atoms with Gasteiger partial charge in [-0.25, -0.2) is 0 Å². The van der Waals surface area contributed by atoms with Gasteiger partial charge in [-0.1, -0.05) is 35.9 Å². The number of benzene rings is 1. The van der Waals surface area contributed by atoms with Crippen LogP contribution in [0, 0.1) is 23.7 Å². The molecule has 3 aliphatic rings. The van der Waals surface area contributed by atoms with Gasteiger partial charge < -0.3 is 10.6 Å². The Morgan fingerprint density at radius 1 is 1.11 bits per heavy atom. The minimum atomic E-state index is -0.130. The number of likely N-dealkylation sites (tertiary alicyclic amines) is 1. The average molecular weight is 387 g/mol. The number of nitrogens with one attached hydrogen (secondary N) is 2. The van der Waals surface area contributed by atoms with Gasteiger partial charge in [-0.15, -0.1) is 0 Å². The van der Waals surface area contributed by atoms with Crippen molar-refractivity contribution in [2.75, 3.05) is 20.1 Å². The molecular formula is C20H23ClN4O2. The van der Waals surface area contributed by atoms with Crippen LogP contribution in [0.5, 0.6) is 0 Å². The summed E-state index contributed by atoms with van der Waals surface area (Å²) in [5.41, 5.74) is 1.09. The predicted molar refractivity (Wildman–Crippen MR) is 104 cm³/mol. The summed E-state index contributed by atoms with van der Waals surface area (Å²) in [5, 5.41) is 7.09. The normalized spacial score (nSPS) is 28.8. The zero-order chi connectivity index (χ0) is 19.0. The molecule has 1 saturated heterocycles. The Kier molecular flexibility index (Phi) is 4.91. The lowest BCUT2D eigenvalue weighted by molar-refractivity contribution is -0.140. The van der Waals surface area contributed by atoms with Crippen molar-refractivity contribution in [3.05, 3.63) is 47.0 Å². The quantitative estimate of drug-likeness (QED) is 0.350. The van der Waals surface area contributed by atoms with Gasteiger partial charge >= 0.3 is 0 Å². The molecule has 27 heavy (non-hydrogen) atoms. The van der Waals surface area contributed by atoms with Crippen molar-refractivity contribution >= 4 is 29.4 Å². The van der Waals surface area contributed by atoms with E-state index in [-0.39, 0.29) is 35.5 Å². The molecular weight excluding hydrogens is 364 g/mol. The molecule has 2 fully saturated rings. The molecule has 142 valence electrons. The molecule has 2 aliphatic carbocycles. The van der Waals surface area contributed by atoms with Crippen molar-refractivity contribution in [2.24, 2.45) is 28.7 Å². The lowest BCUT2D eigenvalue weighted by Crippen LogP contribution is -2.43. The van der Waals surface area contributed by atoms with Gasteiger partial charge in [0.05, 0.1) is 11.8 Å². The molecule has 2 bridgehead atoms. The SMILES string of the molecule is CN=C(NCCN1C(=O)C2C3C=CC(C3)C2C1=O)NCc1ccc(Cl)cc1. The summed E-state index contributed by atoms with van der Waals surface area (Å²) in [6.45, 7) is 1.45. The fraction of sp³-hybridized carbons (Fsp3) is 0.450. The van der Waals surface area contributed by atoms with Gasteiger partial charge in [-0.2, -0.15) is 0 Å². The molecule has 1 heterocycles. The molecule has 6 nitrogen and oxygen atoms in total. The second-order valence-corrected chi connectivity index (χ2v) is 7.74. The van der Waals surface area contributed by atoms with Crippen LogP contribution in [-0.2, 0) is 16.1 Å². The molecule has 0 radical (unpaired) electrons. The van der Waals surface area contributed by atoms with Crippen LogP contribution in [0.25, 0.3) is 0 Å². The number of amides is 2. The Balaban J connectivity index is 1.27. The fourth-order valence-electron chi connectivity index (χ4n) is 4.48. The Bertz CT molecular complexity index is 775. The van der Waals surface area contributed by atoms with E-state index in [9.17, 15) is 9.59 Å². The minimum absolute atomic E-state index is 0.00670. The van der Waals surface area contributed by atoms with Crippen LogP contribution < -0.4 is 10.6 Å². The number of fused-ring (bicyclic) bond motifs is 5. The largest absolute Gasteiger partial charge is 0.355 e. The number of hydrogen-bond donors (Lipinski definition) is 2. The number of nitrogens with zero attached hydrogens (tertiary/aromatic N) is 2. The van der Waals surface area contributed by atoms with E-state index in [1.165, 1.54) is 4.90 Å². The molecule has 1 saturated carbocycles. The second-order valence-electron chi connectivity index (χ2n) is 7.31. The molecule has 2 amide bonds. The summed E-state index contributed by atoms with van der Waals surface area (Å²) < 4.78 is 0. The zero-order valence-corrected chi connectivity index (χ0v) is 15.9. The topological polar surface area (TPSA) is 73.8 Å². The first-order valence-corrected chi connectivity index (χ1v) is 9.69. The van der Waals surface area contributed by atoms with E-state index in [1.807, 2.05) is 24.3 Å². The first kappa shape index (κ1) is 18.0. The third kappa shape index (κ3) is 3.34. The average Bonchev–Trinajstić information content (AvgIpc) is 3.35. The monoisotopic (exact) mass is 386 g/mol. The highest BCUT2D eigenvalue weighted by atomic mass is 35.5. The van der Waals surface area contributed by atoms with Crippen molar-refractivity contribution in [1.29, 1.82) is 0 Å². The predicted octanol–water partition coefficient (Wildman–Crippen LogP) is 1.81. The Hall–Kier alpha value is -2.34. The van der Waals surface area contributed by atoms with E-state index >= 15 is 0 Å². The summed E-state index contributed by atoms with van der Waals surface area (Å²) in [7, 11) is 1.69. The van der Waals surface area contributed by atoms with Crippen molar-refractivity contribution in [3.8, 4) is 0 Å². The molecule has 1 aliphatic heterocycles. The van der Waals surface area contributed by atoms with E-state index in [0.717, 1.165) is 12.0 Å². The number of carbonyl (C=O) groups excluding carboxylic acids is 2. The Morgan fingerprint density at radius 2 is 1.74 bits per heavy atom. The summed E-state index contributed by atoms with van der Waals surface area (Å²) >= 11 is 5.89. The van der Waals surface area contributed by atoms with E-state index in [1.54, 1.807) is 7.05 Å². The number of hydrogen-bond acceptors (Lipinski definition) is 3. The number of imide groups is 1. The first-order chi connectivity index (χ1) is 13.1. The second kappa shape index (κ2) is 7.35. The molecule has 7 heteroatoms. The van der Waals surface area contributed by atoms with Crippen LogP contribution >= 0.6 is 11.6 Å². The van der Waals surface area contributed by atoms with Crippen molar-refractivity contribution < 1.29 is 9.59 Å². The Morgan fingerprint density at radius 3 is 2.33 bits per heavy atom. The van der Waals surface area contributed by atoms with Crippen LogP contribution in [0.3, 0.4) is 0 Å². The number of guanidine groups is 1. The minimum Gasteiger partial charge on any atom is -0.355 e. The van der Waals surface area contributed by atoms with Crippen molar-refractivity contribution in [1.82, 2.24) is 15.5 Å². The molecule has 4 rings (SSSR count). The molecule has 2 N–H and O–H groups in total. The maximum absolute atomic E-state index is 12.7. The van der Waals surface area contributed by atoms with E-state index in [0.29, 0.717) is 30.6 Å². The highest BCUT2D eigenvalue weighted by Gasteiger charge is 2.58. The lowest BCUT2D eigenvalue weighted by atomic mass is 9.85.